The van der Waals surface area contributed by atoms with Crippen LogP contribution in [-0.4, -0.2) is 55.6 Å². The lowest BCUT2D eigenvalue weighted by atomic mass is 9.62. The van der Waals surface area contributed by atoms with Crippen molar-refractivity contribution in [1.82, 2.24) is 4.90 Å². The van der Waals surface area contributed by atoms with Crippen molar-refractivity contribution in [3.63, 3.8) is 0 Å². The molecule has 3 aromatic carbocycles. The van der Waals surface area contributed by atoms with Gasteiger partial charge in [-0.1, -0.05) is 62.2 Å². The molecule has 4 atom stereocenters. The first-order valence-corrected chi connectivity index (χ1v) is 14.8. The van der Waals surface area contributed by atoms with Gasteiger partial charge in [0.1, 0.15) is 29.5 Å². The first-order chi connectivity index (χ1) is 20.7. The molecule has 1 saturated heterocycles. The van der Waals surface area contributed by atoms with E-state index in [1.165, 1.54) is 43.5 Å². The Kier molecular flexibility index (Phi) is 10.1. The zero-order valence-corrected chi connectivity index (χ0v) is 26.6. The van der Waals surface area contributed by atoms with Crippen LogP contribution < -0.4 is 10.1 Å². The molecule has 234 valence electrons. The predicted octanol–water partition coefficient (Wildman–Crippen LogP) is 7.73. The highest BCUT2D eigenvalue weighted by atomic mass is 35.5. The van der Waals surface area contributed by atoms with Crippen LogP contribution in [0.2, 0.25) is 10.0 Å². The minimum absolute atomic E-state index is 0.0172. The lowest BCUT2D eigenvalue weighted by Crippen LogP contribution is -2.45. The topological polar surface area (TPSA) is 94.8 Å². The van der Waals surface area contributed by atoms with Crippen molar-refractivity contribution in [1.29, 1.82) is 5.26 Å². The van der Waals surface area contributed by atoms with Crippen LogP contribution in [0.25, 0.3) is 0 Å². The maximum Gasteiger partial charge on any atom is 0.335 e. The number of likely N-dealkylation sites (N-methyl/N-ethyl adjacent to an activating group) is 1. The van der Waals surface area contributed by atoms with Crippen molar-refractivity contribution in [2.24, 2.45) is 5.41 Å². The maximum atomic E-state index is 15.9. The normalized spacial score (nSPS) is 22.0. The number of hydrogen-bond donors (Lipinski definition) is 2. The fourth-order valence-corrected chi connectivity index (χ4v) is 6.61. The molecule has 0 aliphatic carbocycles. The Bertz CT molecular complexity index is 1580. The lowest BCUT2D eigenvalue weighted by Gasteiger charge is -2.38. The third-order valence-electron chi connectivity index (χ3n) is 8.20. The summed E-state index contributed by atoms with van der Waals surface area (Å²) in [5, 5.41) is 23.5. The Morgan fingerprint density at radius 2 is 1.89 bits per heavy atom. The van der Waals surface area contributed by atoms with E-state index in [0.717, 1.165) is 0 Å². The molecular formula is C33H35Cl2F2N3O4. The number of halogens is 4. The fraction of sp³-hybridized carbons (Fsp3) is 0.394. The summed E-state index contributed by atoms with van der Waals surface area (Å²) in [7, 11) is 3.27. The molecule has 4 rings (SSSR count). The number of hydrogen-bond acceptors (Lipinski definition) is 6. The number of rotatable bonds is 10. The number of methoxy groups -OCH3 is 1. The number of nitrogens with one attached hydrogen (secondary N) is 1. The molecular weight excluding hydrogens is 611 g/mol. The van der Waals surface area contributed by atoms with Crippen molar-refractivity contribution in [3.05, 3.63) is 93.0 Å². The van der Waals surface area contributed by atoms with E-state index in [4.69, 9.17) is 32.7 Å². The molecule has 0 aromatic heterocycles. The summed E-state index contributed by atoms with van der Waals surface area (Å²) in [6, 6.07) is 14.6. The Labute approximate surface area is 266 Å². The van der Waals surface area contributed by atoms with E-state index < -0.39 is 41.0 Å². The number of carboxylic acid groups (broad SMARTS) is 1. The summed E-state index contributed by atoms with van der Waals surface area (Å²) in [5.41, 5.74) is -0.936. The van der Waals surface area contributed by atoms with Crippen LogP contribution in [0.5, 0.6) is 5.75 Å². The number of ether oxygens (including phenoxy) is 2. The van der Waals surface area contributed by atoms with Crippen molar-refractivity contribution in [2.75, 3.05) is 32.8 Å². The molecule has 1 aliphatic rings. The summed E-state index contributed by atoms with van der Waals surface area (Å²) >= 11 is 12.4. The van der Waals surface area contributed by atoms with Crippen LogP contribution >= 0.6 is 23.2 Å². The van der Waals surface area contributed by atoms with Crippen LogP contribution in [0.3, 0.4) is 0 Å². The molecule has 7 nitrogen and oxygen atoms in total. The largest absolute Gasteiger partial charge is 0.495 e. The number of benzene rings is 3. The SMILES string of the molecule is COc1cc(C(=O)O)ccc1NCOC[C@H]1[C@H](c2cccc(Cl)c2F)[C@@](C#N)(c2ccc(Cl)cc2F)[C@H](CC(C)(C)C)N1C. The van der Waals surface area contributed by atoms with Gasteiger partial charge >= 0.3 is 5.97 Å². The molecule has 0 unspecified atom stereocenters. The van der Waals surface area contributed by atoms with Gasteiger partial charge in [0.2, 0.25) is 0 Å². The van der Waals surface area contributed by atoms with Gasteiger partial charge < -0.3 is 19.9 Å². The van der Waals surface area contributed by atoms with E-state index in [-0.39, 0.29) is 45.5 Å². The Balaban J connectivity index is 1.77. The molecule has 1 aliphatic heterocycles. The minimum atomic E-state index is -1.54. The van der Waals surface area contributed by atoms with Crippen LogP contribution in [0, 0.1) is 28.4 Å². The van der Waals surface area contributed by atoms with Crippen LogP contribution in [-0.2, 0) is 10.2 Å². The second-order valence-electron chi connectivity index (χ2n) is 12.2. The number of nitriles is 1. The third kappa shape index (κ3) is 6.50. The highest BCUT2D eigenvalue weighted by molar-refractivity contribution is 6.31. The number of anilines is 1. The first-order valence-electron chi connectivity index (χ1n) is 14.0. The molecule has 0 spiro atoms. The van der Waals surface area contributed by atoms with E-state index in [9.17, 15) is 15.2 Å². The van der Waals surface area contributed by atoms with Crippen molar-refractivity contribution in [3.8, 4) is 11.8 Å². The van der Waals surface area contributed by atoms with Crippen LogP contribution in [0.15, 0.2) is 54.6 Å². The summed E-state index contributed by atoms with van der Waals surface area (Å²) in [5.74, 6) is -2.98. The van der Waals surface area contributed by atoms with E-state index >= 15 is 8.78 Å². The molecule has 0 bridgehead atoms. The number of nitrogens with zero attached hydrogens (tertiary/aromatic N) is 2. The number of aromatic carboxylic acids is 1. The fourth-order valence-electron chi connectivity index (χ4n) is 6.27. The van der Waals surface area contributed by atoms with Gasteiger partial charge in [-0.25, -0.2) is 13.6 Å². The summed E-state index contributed by atoms with van der Waals surface area (Å²) < 4.78 is 43.1. The standard InChI is InChI=1S/C33H35Cl2F2N3O4/c1-32(2,3)15-28-33(17-38,22-11-10-20(34)14-24(22)36)29(21-7-6-8-23(35)30(21)37)26(40(28)4)16-44-18-39-25-12-9-19(31(41)42)13-27(25)43-5/h6-14,26,28-29,39H,15-16,18H2,1-5H3,(H,41,42)/t26-,28-,29-,33-/m0/s1. The summed E-state index contributed by atoms with van der Waals surface area (Å²) in [6.45, 7) is 6.12. The monoisotopic (exact) mass is 645 g/mol. The predicted molar refractivity (Wildman–Crippen MR) is 167 cm³/mol. The van der Waals surface area contributed by atoms with Crippen molar-refractivity contribution in [2.45, 2.75) is 50.6 Å². The third-order valence-corrected chi connectivity index (χ3v) is 8.73. The zero-order chi connectivity index (χ0) is 32.4. The number of likely N-dealkylation sites (tertiary alicyclic amines) is 1. The smallest absolute Gasteiger partial charge is 0.335 e. The zero-order valence-electron chi connectivity index (χ0n) is 25.1. The highest BCUT2D eigenvalue weighted by Crippen LogP contribution is 2.56. The molecule has 2 N–H and O–H groups in total. The molecule has 1 heterocycles. The minimum Gasteiger partial charge on any atom is -0.495 e. The van der Waals surface area contributed by atoms with Crippen LogP contribution in [0.4, 0.5) is 14.5 Å². The molecule has 0 radical (unpaired) electrons. The second-order valence-corrected chi connectivity index (χ2v) is 13.0. The first kappa shape index (κ1) is 33.5. The van der Waals surface area contributed by atoms with E-state index in [2.05, 4.69) is 11.4 Å². The summed E-state index contributed by atoms with van der Waals surface area (Å²) in [4.78, 5) is 13.3. The molecule has 1 fully saturated rings. The molecule has 0 saturated carbocycles. The van der Waals surface area contributed by atoms with E-state index in [1.54, 1.807) is 18.2 Å². The van der Waals surface area contributed by atoms with Gasteiger partial charge in [0.05, 0.1) is 36.1 Å². The van der Waals surface area contributed by atoms with Crippen LogP contribution in [0.1, 0.15) is 54.6 Å². The Morgan fingerprint density at radius 3 is 2.50 bits per heavy atom. The van der Waals surface area contributed by atoms with Gasteiger partial charge in [0, 0.05) is 28.6 Å². The maximum absolute atomic E-state index is 15.9. The lowest BCUT2D eigenvalue weighted by molar-refractivity contribution is 0.0696. The number of carbonyl (C=O) groups is 1. The molecule has 11 heteroatoms. The van der Waals surface area contributed by atoms with E-state index in [0.29, 0.717) is 17.9 Å². The van der Waals surface area contributed by atoms with Crippen molar-refractivity contribution < 1.29 is 28.2 Å². The van der Waals surface area contributed by atoms with Gasteiger partial charge in [-0.3, -0.25) is 4.90 Å². The van der Waals surface area contributed by atoms with Gasteiger partial charge in [-0.2, -0.15) is 5.26 Å². The summed E-state index contributed by atoms with van der Waals surface area (Å²) in [6.07, 6.45) is 0.486. The molecule has 0 amide bonds. The van der Waals surface area contributed by atoms with Gasteiger partial charge in [0.15, 0.2) is 0 Å². The quantitative estimate of drug-likeness (QED) is 0.172. The number of carboxylic acids is 1. The average Bonchev–Trinajstić information content (AvgIpc) is 3.18. The Morgan fingerprint density at radius 1 is 1.16 bits per heavy atom. The van der Waals surface area contributed by atoms with Gasteiger partial charge in [-0.05, 0) is 60.8 Å². The van der Waals surface area contributed by atoms with Gasteiger partial charge in [-0.15, -0.1) is 0 Å². The van der Waals surface area contributed by atoms with Gasteiger partial charge in [0.25, 0.3) is 0 Å². The van der Waals surface area contributed by atoms with E-state index in [1.807, 2.05) is 32.7 Å². The average molecular weight is 647 g/mol. The Hall–Kier alpha value is -3.42. The second kappa shape index (κ2) is 13.3. The molecule has 44 heavy (non-hydrogen) atoms. The molecule has 3 aromatic rings. The highest BCUT2D eigenvalue weighted by Gasteiger charge is 2.62. The van der Waals surface area contributed by atoms with Crippen molar-refractivity contribution >= 4 is 34.9 Å².